The molecule has 1 aromatic heterocycles. The number of nitrogens with one attached hydrogen (secondary N) is 1. The average Bonchev–Trinajstić information content (AvgIpc) is 3.11. The van der Waals surface area contributed by atoms with E-state index in [1.54, 1.807) is 18.3 Å². The summed E-state index contributed by atoms with van der Waals surface area (Å²) in [6.07, 6.45) is -2.81. The Kier molecular flexibility index (Phi) is 6.38. The van der Waals surface area contributed by atoms with Crippen LogP contribution >= 0.6 is 11.3 Å². The van der Waals surface area contributed by atoms with E-state index < -0.39 is 11.7 Å². The molecule has 0 radical (unpaired) electrons. The number of ether oxygens (including phenoxy) is 2. The van der Waals surface area contributed by atoms with Crippen LogP contribution < -0.4 is 14.9 Å². The second-order valence-electron chi connectivity index (χ2n) is 6.05. The minimum absolute atomic E-state index is 0.0469. The van der Waals surface area contributed by atoms with Crippen molar-refractivity contribution in [3.05, 3.63) is 70.2 Å². The van der Waals surface area contributed by atoms with Gasteiger partial charge in [-0.2, -0.15) is 18.3 Å². The van der Waals surface area contributed by atoms with E-state index in [9.17, 15) is 13.2 Å². The van der Waals surface area contributed by atoms with E-state index in [1.807, 2.05) is 18.4 Å². The first-order chi connectivity index (χ1) is 13.8. The van der Waals surface area contributed by atoms with E-state index in [4.69, 9.17) is 9.47 Å². The second-order valence-corrected chi connectivity index (χ2v) is 6.91. The predicted molar refractivity (Wildman–Crippen MR) is 107 cm³/mol. The largest absolute Gasteiger partial charge is 0.496 e. The lowest BCUT2D eigenvalue weighted by Gasteiger charge is -2.13. The Morgan fingerprint density at radius 1 is 1.21 bits per heavy atom. The number of aromatic nitrogens is 1. The lowest BCUT2D eigenvalue weighted by atomic mass is 10.1. The average molecular weight is 421 g/mol. The topological polar surface area (TPSA) is 55.7 Å². The lowest BCUT2D eigenvalue weighted by Crippen LogP contribution is -2.05. The molecule has 0 bridgehead atoms. The third-order valence-electron chi connectivity index (χ3n) is 3.85. The highest BCUT2D eigenvalue weighted by atomic mass is 32.1. The molecule has 3 aromatic rings. The van der Waals surface area contributed by atoms with Gasteiger partial charge in [0.25, 0.3) is 0 Å². The van der Waals surface area contributed by atoms with Gasteiger partial charge in [-0.1, -0.05) is 6.07 Å². The van der Waals surface area contributed by atoms with E-state index in [-0.39, 0.29) is 12.4 Å². The summed E-state index contributed by atoms with van der Waals surface area (Å²) in [5.74, 6) is 0.694. The molecule has 0 fully saturated rings. The van der Waals surface area contributed by atoms with Crippen molar-refractivity contribution in [2.24, 2.45) is 5.10 Å². The summed E-state index contributed by atoms with van der Waals surface area (Å²) in [5.41, 5.74) is 4.45. The van der Waals surface area contributed by atoms with Gasteiger partial charge in [-0.3, -0.25) is 5.43 Å². The molecule has 2 aromatic carbocycles. The fraction of sp³-hybridized carbons (Fsp3) is 0.200. The maximum Gasteiger partial charge on any atom is 0.416 e. The molecular formula is C20H18F3N3O2S. The highest BCUT2D eigenvalue weighted by Crippen LogP contribution is 2.31. The molecular weight excluding hydrogens is 403 g/mol. The van der Waals surface area contributed by atoms with Crippen molar-refractivity contribution >= 4 is 22.7 Å². The molecule has 9 heteroatoms. The standard InChI is InChI=1S/C20H18F3N3O2S/c1-13-12-29-19(25-13)26-24-10-14-6-7-18(27-2)15(8-14)11-28-17-5-3-4-16(9-17)20(21,22)23/h3-10,12H,11H2,1-2H3,(H,25,26). The van der Waals surface area contributed by atoms with Crippen LogP contribution in [0.3, 0.4) is 0 Å². The highest BCUT2D eigenvalue weighted by molar-refractivity contribution is 7.13. The molecule has 29 heavy (non-hydrogen) atoms. The zero-order valence-electron chi connectivity index (χ0n) is 15.7. The fourth-order valence-electron chi connectivity index (χ4n) is 2.48. The van der Waals surface area contributed by atoms with Crippen molar-refractivity contribution in [2.75, 3.05) is 12.5 Å². The van der Waals surface area contributed by atoms with Gasteiger partial charge in [-0.15, -0.1) is 11.3 Å². The van der Waals surface area contributed by atoms with Crippen LogP contribution in [0.2, 0.25) is 0 Å². The summed E-state index contributed by atoms with van der Waals surface area (Å²) in [6, 6.07) is 10.1. The summed E-state index contributed by atoms with van der Waals surface area (Å²) < 4.78 is 49.4. The summed E-state index contributed by atoms with van der Waals surface area (Å²) in [7, 11) is 1.52. The van der Waals surface area contributed by atoms with Crippen LogP contribution in [0, 0.1) is 6.92 Å². The summed E-state index contributed by atoms with van der Waals surface area (Å²) in [4.78, 5) is 4.25. The molecule has 1 N–H and O–H groups in total. The van der Waals surface area contributed by atoms with E-state index in [1.165, 1.54) is 30.6 Å². The SMILES string of the molecule is COc1ccc(C=NNc2nc(C)cs2)cc1COc1cccc(C(F)(F)F)c1. The smallest absolute Gasteiger partial charge is 0.416 e. The molecule has 0 aliphatic rings. The third-order valence-corrected chi connectivity index (χ3v) is 4.72. The molecule has 0 amide bonds. The van der Waals surface area contributed by atoms with Crippen LogP contribution in [0.15, 0.2) is 52.9 Å². The van der Waals surface area contributed by atoms with E-state index in [0.29, 0.717) is 16.4 Å². The molecule has 1 heterocycles. The minimum Gasteiger partial charge on any atom is -0.496 e. The van der Waals surface area contributed by atoms with E-state index in [0.717, 1.165) is 23.4 Å². The van der Waals surface area contributed by atoms with Gasteiger partial charge in [0.2, 0.25) is 5.13 Å². The lowest BCUT2D eigenvalue weighted by molar-refractivity contribution is -0.137. The highest BCUT2D eigenvalue weighted by Gasteiger charge is 2.30. The summed E-state index contributed by atoms with van der Waals surface area (Å²) in [5, 5.41) is 6.74. The van der Waals surface area contributed by atoms with Crippen LogP contribution in [-0.4, -0.2) is 18.3 Å². The molecule has 0 saturated heterocycles. The monoisotopic (exact) mass is 421 g/mol. The number of rotatable bonds is 7. The molecule has 0 atom stereocenters. The molecule has 0 aliphatic carbocycles. The Hall–Kier alpha value is -3.07. The molecule has 0 unspecified atom stereocenters. The number of alkyl halides is 3. The molecule has 0 aliphatic heterocycles. The van der Waals surface area contributed by atoms with Crippen molar-refractivity contribution in [2.45, 2.75) is 19.7 Å². The first kappa shape index (κ1) is 20.7. The molecule has 0 spiro atoms. The normalized spacial score (nSPS) is 11.6. The van der Waals surface area contributed by atoms with Crippen LogP contribution in [0.4, 0.5) is 18.3 Å². The molecule has 0 saturated carbocycles. The van der Waals surface area contributed by atoms with Crippen molar-refractivity contribution in [3.63, 3.8) is 0 Å². The van der Waals surface area contributed by atoms with Crippen LogP contribution in [0.5, 0.6) is 11.5 Å². The van der Waals surface area contributed by atoms with E-state index in [2.05, 4.69) is 15.5 Å². The quantitative estimate of drug-likeness (QED) is 0.404. The number of anilines is 1. The molecule has 152 valence electrons. The van der Waals surface area contributed by atoms with Gasteiger partial charge in [-0.25, -0.2) is 4.98 Å². The Morgan fingerprint density at radius 2 is 2.03 bits per heavy atom. The van der Waals surface area contributed by atoms with E-state index >= 15 is 0 Å². The number of thiazole rings is 1. The summed E-state index contributed by atoms with van der Waals surface area (Å²) in [6.45, 7) is 1.94. The van der Waals surface area contributed by atoms with Crippen LogP contribution in [0.25, 0.3) is 0 Å². The minimum atomic E-state index is -4.42. The van der Waals surface area contributed by atoms with Gasteiger partial charge in [0.05, 0.1) is 24.6 Å². The maximum atomic E-state index is 12.8. The Balaban J connectivity index is 1.70. The summed E-state index contributed by atoms with van der Waals surface area (Å²) >= 11 is 1.45. The number of halogens is 3. The maximum absolute atomic E-state index is 12.8. The van der Waals surface area contributed by atoms with Gasteiger partial charge in [0.1, 0.15) is 18.1 Å². The Bertz CT molecular complexity index is 1000. The zero-order valence-corrected chi connectivity index (χ0v) is 16.5. The number of hydrogen-bond acceptors (Lipinski definition) is 6. The number of hydrogen-bond donors (Lipinski definition) is 1. The first-order valence-electron chi connectivity index (χ1n) is 8.53. The number of benzene rings is 2. The third kappa shape index (κ3) is 5.71. The van der Waals surface area contributed by atoms with Gasteiger partial charge < -0.3 is 9.47 Å². The number of aryl methyl sites for hydroxylation is 1. The van der Waals surface area contributed by atoms with Gasteiger partial charge in [0, 0.05) is 10.9 Å². The van der Waals surface area contributed by atoms with Crippen LogP contribution in [-0.2, 0) is 12.8 Å². The zero-order chi connectivity index (χ0) is 20.9. The van der Waals surface area contributed by atoms with Crippen molar-refractivity contribution < 1.29 is 22.6 Å². The Morgan fingerprint density at radius 3 is 2.72 bits per heavy atom. The first-order valence-corrected chi connectivity index (χ1v) is 9.41. The van der Waals surface area contributed by atoms with Crippen molar-refractivity contribution in [1.29, 1.82) is 0 Å². The second kappa shape index (κ2) is 8.95. The number of nitrogens with zero attached hydrogens (tertiary/aromatic N) is 2. The van der Waals surface area contributed by atoms with Crippen molar-refractivity contribution in [1.82, 2.24) is 4.98 Å². The van der Waals surface area contributed by atoms with Crippen molar-refractivity contribution in [3.8, 4) is 11.5 Å². The fourth-order valence-corrected chi connectivity index (χ4v) is 3.12. The van der Waals surface area contributed by atoms with Crippen LogP contribution in [0.1, 0.15) is 22.4 Å². The van der Waals surface area contributed by atoms with Gasteiger partial charge in [0.15, 0.2) is 0 Å². The predicted octanol–water partition coefficient (Wildman–Crippen LogP) is 5.50. The van der Waals surface area contributed by atoms with Gasteiger partial charge in [-0.05, 0) is 48.9 Å². The molecule has 3 rings (SSSR count). The Labute approximate surface area is 169 Å². The number of methoxy groups -OCH3 is 1. The molecule has 5 nitrogen and oxygen atoms in total. The number of hydrazone groups is 1. The van der Waals surface area contributed by atoms with Gasteiger partial charge >= 0.3 is 6.18 Å².